The molecule has 0 aromatic heterocycles. The van der Waals surface area contributed by atoms with Crippen LogP contribution in [0.3, 0.4) is 0 Å². The number of esters is 1. The van der Waals surface area contributed by atoms with E-state index in [-0.39, 0.29) is 40.9 Å². The van der Waals surface area contributed by atoms with E-state index in [0.717, 1.165) is 95.5 Å². The predicted octanol–water partition coefficient (Wildman–Crippen LogP) is 7.35. The molecule has 0 saturated heterocycles. The number of carbonyl (C=O) groups is 5. The molecule has 3 unspecified atom stereocenters. The molecule has 3 amide bonds. The lowest BCUT2D eigenvalue weighted by Gasteiger charge is -2.53. The first-order valence-corrected chi connectivity index (χ1v) is 22.8. The second-order valence-electron chi connectivity index (χ2n) is 19.5. The van der Waals surface area contributed by atoms with Crippen molar-refractivity contribution in [3.8, 4) is 0 Å². The number of ether oxygens (including phenoxy) is 1. The summed E-state index contributed by atoms with van der Waals surface area (Å²) in [6.45, 7) is 18.1. The minimum absolute atomic E-state index is 0.0318. The van der Waals surface area contributed by atoms with E-state index in [4.69, 9.17) is 4.74 Å². The van der Waals surface area contributed by atoms with E-state index in [1.165, 1.54) is 0 Å². The van der Waals surface area contributed by atoms with Gasteiger partial charge in [-0.25, -0.2) is 0 Å². The van der Waals surface area contributed by atoms with E-state index in [2.05, 4.69) is 38.3 Å². The molecule has 1 aliphatic heterocycles. The summed E-state index contributed by atoms with van der Waals surface area (Å²) in [7, 11) is 0. The molecule has 0 bridgehead atoms. The molecule has 3 fully saturated rings. The molecule has 0 aromatic carbocycles. The van der Waals surface area contributed by atoms with Crippen LogP contribution in [0.25, 0.3) is 0 Å². The van der Waals surface area contributed by atoms with Crippen molar-refractivity contribution in [1.29, 1.82) is 0 Å². The van der Waals surface area contributed by atoms with Gasteiger partial charge in [0.05, 0.1) is 18.4 Å². The molecule has 4 aliphatic rings. The minimum atomic E-state index is -1.15. The Hall–Kier alpha value is -2.40. The Labute approximate surface area is 335 Å². The van der Waals surface area contributed by atoms with Crippen LogP contribution in [0.1, 0.15) is 165 Å². The van der Waals surface area contributed by atoms with E-state index in [9.17, 15) is 23.7 Å². The molecule has 4 atom stereocenters. The highest BCUT2D eigenvalue weighted by molar-refractivity contribution is 7.92. The summed E-state index contributed by atoms with van der Waals surface area (Å²) in [5.41, 5.74) is -0.567. The van der Waals surface area contributed by atoms with Crippen molar-refractivity contribution in [3.63, 3.8) is 0 Å². The Morgan fingerprint density at radius 1 is 0.945 bits per heavy atom. The van der Waals surface area contributed by atoms with Gasteiger partial charge in [0.15, 0.2) is 0 Å². The van der Waals surface area contributed by atoms with E-state index in [1.807, 2.05) is 19.9 Å². The SMILES string of the molecule is CCC(C)(C)[S+]([O-])CC1(C(C(=O)N2CC=C(C(C)C)[C@H]2C(=O)NC(CC2CCC2)C(=O)C(=O)NCCC(=O)OC(C)(C)C)C2(C)CCCCC2)CCCCC1. The molecule has 1 heterocycles. The number of Topliss-reactive ketones (excluding diaryl/α,β-unsaturated/α-hetero) is 1. The summed E-state index contributed by atoms with van der Waals surface area (Å²) in [6.07, 6.45) is 15.8. The lowest BCUT2D eigenvalue weighted by Crippen LogP contribution is -2.60. The van der Waals surface area contributed by atoms with Gasteiger partial charge in [-0.05, 0) is 107 Å². The van der Waals surface area contributed by atoms with Crippen molar-refractivity contribution < 1.29 is 33.3 Å². The topological polar surface area (TPSA) is 145 Å². The molecule has 10 nitrogen and oxygen atoms in total. The van der Waals surface area contributed by atoms with E-state index in [1.54, 1.807) is 25.7 Å². The van der Waals surface area contributed by atoms with Crippen LogP contribution in [0.4, 0.5) is 0 Å². The predicted molar refractivity (Wildman–Crippen MR) is 218 cm³/mol. The summed E-state index contributed by atoms with van der Waals surface area (Å²) >= 11 is -1.15. The van der Waals surface area contributed by atoms with Crippen molar-refractivity contribution in [2.75, 3.05) is 18.8 Å². The minimum Gasteiger partial charge on any atom is -0.616 e. The van der Waals surface area contributed by atoms with E-state index in [0.29, 0.717) is 18.7 Å². The van der Waals surface area contributed by atoms with Gasteiger partial charge in [-0.15, -0.1) is 0 Å². The number of amides is 3. The third kappa shape index (κ3) is 11.4. The maximum Gasteiger partial charge on any atom is 0.308 e. The van der Waals surface area contributed by atoms with Crippen LogP contribution in [0.5, 0.6) is 0 Å². The molecule has 0 aromatic rings. The molecular weight excluding hydrogens is 715 g/mol. The molecule has 4 rings (SSSR count). The fourth-order valence-corrected chi connectivity index (χ4v) is 11.3. The van der Waals surface area contributed by atoms with Crippen molar-refractivity contribution >= 4 is 40.6 Å². The number of nitrogens with zero attached hydrogens (tertiary/aromatic N) is 1. The molecule has 0 spiro atoms. The molecule has 11 heteroatoms. The number of hydrogen-bond donors (Lipinski definition) is 2. The lowest BCUT2D eigenvalue weighted by atomic mass is 9.54. The van der Waals surface area contributed by atoms with Gasteiger partial charge < -0.3 is 24.8 Å². The Bertz CT molecular complexity index is 1400. The van der Waals surface area contributed by atoms with Gasteiger partial charge in [-0.3, -0.25) is 24.0 Å². The average molecular weight is 788 g/mol. The number of carbonyl (C=O) groups excluding carboxylic acids is 5. The molecule has 3 saturated carbocycles. The first-order chi connectivity index (χ1) is 25.7. The molecule has 2 N–H and O–H groups in total. The summed E-state index contributed by atoms with van der Waals surface area (Å²) in [5.74, 6) is -2.28. The standard InChI is InChI=1S/C44H73N3O7S/c1-10-42(7,8)55(53)29-44(24-15-12-16-25-44)37(43(9)22-13-11-14-23-43)40(52)47-27-21-32(30(2)3)35(47)38(50)46-33(28-31-18-17-19-31)36(49)39(51)45-26-20-34(48)54-41(4,5)6/h21,30-31,33,35,37H,10-20,22-29H2,1-9H3,(H,45,51)(H,46,50)/t33?,35-,37?,55?/m0/s1. The Morgan fingerprint density at radius 2 is 1.55 bits per heavy atom. The van der Waals surface area contributed by atoms with Crippen LogP contribution < -0.4 is 10.6 Å². The quantitative estimate of drug-likeness (QED) is 0.0679. The fourth-order valence-electron chi connectivity index (χ4n) is 9.63. The Balaban J connectivity index is 1.64. The average Bonchev–Trinajstić information content (AvgIpc) is 3.55. The van der Waals surface area contributed by atoms with Crippen molar-refractivity contribution in [2.24, 2.45) is 28.6 Å². The van der Waals surface area contributed by atoms with E-state index < -0.39 is 63.8 Å². The Morgan fingerprint density at radius 3 is 2.07 bits per heavy atom. The zero-order valence-electron chi connectivity index (χ0n) is 35.6. The Kier molecular flexibility index (Phi) is 15.6. The van der Waals surface area contributed by atoms with Crippen LogP contribution in [-0.4, -0.2) is 80.2 Å². The third-order valence-corrected chi connectivity index (χ3v) is 15.7. The van der Waals surface area contributed by atoms with Crippen molar-refractivity contribution in [3.05, 3.63) is 11.6 Å². The molecular formula is C44H73N3O7S. The summed E-state index contributed by atoms with van der Waals surface area (Å²) in [5, 5.41) is 5.56. The first-order valence-electron chi connectivity index (χ1n) is 21.5. The number of hydrogen-bond acceptors (Lipinski definition) is 7. The van der Waals surface area contributed by atoms with Crippen molar-refractivity contribution in [1.82, 2.24) is 15.5 Å². The second-order valence-corrected chi connectivity index (χ2v) is 21.6. The largest absolute Gasteiger partial charge is 0.616 e. The van der Waals surface area contributed by atoms with Crippen LogP contribution in [0, 0.1) is 28.6 Å². The van der Waals surface area contributed by atoms with Crippen LogP contribution in [0.15, 0.2) is 11.6 Å². The highest BCUT2D eigenvalue weighted by Gasteiger charge is 2.58. The zero-order chi connectivity index (χ0) is 40.8. The zero-order valence-corrected chi connectivity index (χ0v) is 36.4. The van der Waals surface area contributed by atoms with Gasteiger partial charge in [-0.1, -0.05) is 91.6 Å². The first kappa shape index (κ1) is 45.3. The smallest absolute Gasteiger partial charge is 0.308 e. The summed E-state index contributed by atoms with van der Waals surface area (Å²) in [4.78, 5) is 71.2. The van der Waals surface area contributed by atoms with E-state index >= 15 is 4.79 Å². The van der Waals surface area contributed by atoms with Gasteiger partial charge in [0.1, 0.15) is 22.1 Å². The third-order valence-electron chi connectivity index (χ3n) is 13.3. The van der Waals surface area contributed by atoms with Gasteiger partial charge in [0.25, 0.3) is 5.91 Å². The van der Waals surface area contributed by atoms with Crippen LogP contribution in [0.2, 0.25) is 0 Å². The summed E-state index contributed by atoms with van der Waals surface area (Å²) < 4.78 is 19.2. The lowest BCUT2D eigenvalue weighted by molar-refractivity contribution is -0.155. The van der Waals surface area contributed by atoms with Gasteiger partial charge in [0, 0.05) is 18.5 Å². The molecule has 55 heavy (non-hydrogen) atoms. The van der Waals surface area contributed by atoms with Gasteiger partial charge in [0.2, 0.25) is 17.6 Å². The summed E-state index contributed by atoms with van der Waals surface area (Å²) in [6, 6.07) is -1.97. The highest BCUT2D eigenvalue weighted by Crippen LogP contribution is 2.57. The maximum absolute atomic E-state index is 15.6. The van der Waals surface area contributed by atoms with Crippen molar-refractivity contribution in [2.45, 2.75) is 187 Å². The van der Waals surface area contributed by atoms with Crippen LogP contribution in [-0.2, 0) is 39.9 Å². The normalized spacial score (nSPS) is 23.2. The van der Waals surface area contributed by atoms with Crippen LogP contribution >= 0.6 is 0 Å². The monoisotopic (exact) mass is 788 g/mol. The highest BCUT2D eigenvalue weighted by atomic mass is 32.2. The number of ketones is 1. The number of rotatable bonds is 17. The fraction of sp³-hybridized carbons (Fsp3) is 0.841. The molecule has 312 valence electrons. The molecule has 0 radical (unpaired) electrons. The van der Waals surface area contributed by atoms with Gasteiger partial charge >= 0.3 is 5.97 Å². The van der Waals surface area contributed by atoms with Gasteiger partial charge in [-0.2, -0.15) is 0 Å². The molecule has 3 aliphatic carbocycles. The number of nitrogens with one attached hydrogen (secondary N) is 2. The second kappa shape index (κ2) is 18.9. The maximum atomic E-state index is 15.6.